The molecule has 0 saturated carbocycles. The highest BCUT2D eigenvalue weighted by atomic mass is 16.5. The van der Waals surface area contributed by atoms with Crippen molar-refractivity contribution in [3.63, 3.8) is 0 Å². The van der Waals surface area contributed by atoms with E-state index in [1.165, 1.54) is 11.1 Å². The van der Waals surface area contributed by atoms with Gasteiger partial charge in [-0.25, -0.2) is 0 Å². The van der Waals surface area contributed by atoms with E-state index in [2.05, 4.69) is 18.3 Å². The molecular weight excluding hydrogens is 290 g/mol. The fraction of sp³-hybridized carbons (Fsp3) is 0.316. The minimum Gasteiger partial charge on any atom is -0.496 e. The first-order chi connectivity index (χ1) is 11.0. The third-order valence-electron chi connectivity index (χ3n) is 3.92. The quantitative estimate of drug-likeness (QED) is 0.891. The molecule has 0 aliphatic rings. The number of benzene rings is 2. The van der Waals surface area contributed by atoms with Crippen LogP contribution in [0.5, 0.6) is 11.5 Å². The number of nitrogens with one attached hydrogen (secondary N) is 1. The maximum absolute atomic E-state index is 12.2. The van der Waals surface area contributed by atoms with Gasteiger partial charge in [0.2, 0.25) is 5.91 Å². The topological polar surface area (TPSA) is 47.6 Å². The molecule has 4 nitrogen and oxygen atoms in total. The number of hydrogen-bond donors (Lipinski definition) is 1. The summed E-state index contributed by atoms with van der Waals surface area (Å²) in [5, 5.41) is 2.95. The van der Waals surface area contributed by atoms with Crippen molar-refractivity contribution in [1.29, 1.82) is 0 Å². The van der Waals surface area contributed by atoms with Gasteiger partial charge in [0.15, 0.2) is 0 Å². The largest absolute Gasteiger partial charge is 0.496 e. The summed E-state index contributed by atoms with van der Waals surface area (Å²) in [4.78, 5) is 12.2. The first kappa shape index (κ1) is 16.9. The van der Waals surface area contributed by atoms with Gasteiger partial charge in [0.25, 0.3) is 0 Å². The van der Waals surface area contributed by atoms with Crippen LogP contribution in [0.2, 0.25) is 0 Å². The Labute approximate surface area is 137 Å². The maximum atomic E-state index is 12.2. The number of para-hydroxylation sites is 1. The monoisotopic (exact) mass is 313 g/mol. The van der Waals surface area contributed by atoms with E-state index in [9.17, 15) is 4.79 Å². The Kier molecular flexibility index (Phi) is 5.63. The molecule has 0 aliphatic heterocycles. The van der Waals surface area contributed by atoms with Crippen LogP contribution < -0.4 is 14.8 Å². The van der Waals surface area contributed by atoms with Crippen LogP contribution in [0.4, 0.5) is 0 Å². The van der Waals surface area contributed by atoms with Crippen molar-refractivity contribution in [1.82, 2.24) is 5.32 Å². The van der Waals surface area contributed by atoms with Crippen LogP contribution in [0.3, 0.4) is 0 Å². The van der Waals surface area contributed by atoms with Gasteiger partial charge in [0.05, 0.1) is 20.6 Å². The Morgan fingerprint density at radius 2 is 1.61 bits per heavy atom. The SMILES string of the molecule is COc1cc(C)c(C)cc1CNC(=O)Cc1ccccc1OC. The summed E-state index contributed by atoms with van der Waals surface area (Å²) in [5.41, 5.74) is 4.20. The predicted octanol–water partition coefficient (Wildman–Crippen LogP) is 3.18. The third-order valence-corrected chi connectivity index (χ3v) is 3.92. The van der Waals surface area contributed by atoms with E-state index in [-0.39, 0.29) is 12.3 Å². The van der Waals surface area contributed by atoms with Crippen LogP contribution in [-0.4, -0.2) is 20.1 Å². The van der Waals surface area contributed by atoms with Crippen LogP contribution in [0.1, 0.15) is 22.3 Å². The van der Waals surface area contributed by atoms with Crippen LogP contribution in [0.15, 0.2) is 36.4 Å². The maximum Gasteiger partial charge on any atom is 0.224 e. The van der Waals surface area contributed by atoms with Crippen molar-refractivity contribution in [2.45, 2.75) is 26.8 Å². The molecule has 122 valence electrons. The summed E-state index contributed by atoms with van der Waals surface area (Å²) in [7, 11) is 3.25. The molecule has 0 aliphatic carbocycles. The van der Waals surface area contributed by atoms with Crippen molar-refractivity contribution >= 4 is 5.91 Å². The highest BCUT2D eigenvalue weighted by Crippen LogP contribution is 2.23. The van der Waals surface area contributed by atoms with Gasteiger partial charge in [0.1, 0.15) is 11.5 Å². The van der Waals surface area contributed by atoms with E-state index in [0.29, 0.717) is 6.54 Å². The molecule has 0 bridgehead atoms. The van der Waals surface area contributed by atoms with Gasteiger partial charge in [-0.3, -0.25) is 4.79 Å². The number of aryl methyl sites for hydroxylation is 2. The standard InChI is InChI=1S/C19H23NO3/c1-13-9-16(18(23-4)10-14(13)2)12-20-19(21)11-15-7-5-6-8-17(15)22-3/h5-10H,11-12H2,1-4H3,(H,20,21). The summed E-state index contributed by atoms with van der Waals surface area (Å²) >= 11 is 0. The molecule has 0 saturated heterocycles. The molecule has 0 atom stereocenters. The zero-order valence-electron chi connectivity index (χ0n) is 14.1. The minimum atomic E-state index is -0.0465. The lowest BCUT2D eigenvalue weighted by molar-refractivity contribution is -0.120. The zero-order chi connectivity index (χ0) is 16.8. The molecule has 2 aromatic rings. The minimum absolute atomic E-state index is 0.0465. The lowest BCUT2D eigenvalue weighted by Crippen LogP contribution is -2.25. The van der Waals surface area contributed by atoms with E-state index in [1.807, 2.05) is 37.3 Å². The molecular formula is C19H23NO3. The Hall–Kier alpha value is -2.49. The van der Waals surface area contributed by atoms with Gasteiger partial charge in [-0.1, -0.05) is 24.3 Å². The second kappa shape index (κ2) is 7.68. The Morgan fingerprint density at radius 1 is 0.957 bits per heavy atom. The summed E-state index contributed by atoms with van der Waals surface area (Å²) < 4.78 is 10.7. The number of hydrogen-bond acceptors (Lipinski definition) is 3. The van der Waals surface area contributed by atoms with Crippen molar-refractivity contribution in [2.24, 2.45) is 0 Å². The van der Waals surface area contributed by atoms with Crippen LogP contribution in [0.25, 0.3) is 0 Å². The molecule has 2 rings (SSSR count). The smallest absolute Gasteiger partial charge is 0.224 e. The average Bonchev–Trinajstić information content (AvgIpc) is 2.56. The van der Waals surface area contributed by atoms with E-state index in [0.717, 1.165) is 22.6 Å². The van der Waals surface area contributed by atoms with E-state index >= 15 is 0 Å². The highest BCUT2D eigenvalue weighted by molar-refractivity contribution is 5.79. The van der Waals surface area contributed by atoms with Gasteiger partial charge in [-0.05, 0) is 37.1 Å². The van der Waals surface area contributed by atoms with Crippen molar-refractivity contribution in [3.8, 4) is 11.5 Å². The van der Waals surface area contributed by atoms with Crippen LogP contribution >= 0.6 is 0 Å². The molecule has 4 heteroatoms. The van der Waals surface area contributed by atoms with Gasteiger partial charge in [-0.15, -0.1) is 0 Å². The average molecular weight is 313 g/mol. The second-order valence-electron chi connectivity index (χ2n) is 5.51. The molecule has 0 fully saturated rings. The molecule has 2 aromatic carbocycles. The highest BCUT2D eigenvalue weighted by Gasteiger charge is 2.10. The normalized spacial score (nSPS) is 10.3. The number of methoxy groups -OCH3 is 2. The Morgan fingerprint density at radius 3 is 2.30 bits per heavy atom. The van der Waals surface area contributed by atoms with Crippen molar-refractivity contribution < 1.29 is 14.3 Å². The Balaban J connectivity index is 2.03. The molecule has 0 radical (unpaired) electrons. The lowest BCUT2D eigenvalue weighted by Gasteiger charge is -2.13. The molecule has 0 aromatic heterocycles. The van der Waals surface area contributed by atoms with Crippen LogP contribution in [-0.2, 0) is 17.8 Å². The number of amides is 1. The summed E-state index contributed by atoms with van der Waals surface area (Å²) in [6, 6.07) is 11.6. The molecule has 0 heterocycles. The summed E-state index contributed by atoms with van der Waals surface area (Å²) in [5.74, 6) is 1.48. The third kappa shape index (κ3) is 4.25. The van der Waals surface area contributed by atoms with Crippen molar-refractivity contribution in [3.05, 3.63) is 58.7 Å². The summed E-state index contributed by atoms with van der Waals surface area (Å²) in [6.07, 6.45) is 0.289. The number of rotatable bonds is 6. The Bertz CT molecular complexity index is 695. The molecule has 23 heavy (non-hydrogen) atoms. The van der Waals surface area contributed by atoms with Gasteiger partial charge < -0.3 is 14.8 Å². The molecule has 0 spiro atoms. The number of carbonyl (C=O) groups is 1. The molecule has 0 unspecified atom stereocenters. The fourth-order valence-corrected chi connectivity index (χ4v) is 2.46. The van der Waals surface area contributed by atoms with Gasteiger partial charge in [0, 0.05) is 17.7 Å². The lowest BCUT2D eigenvalue weighted by atomic mass is 10.0. The number of carbonyl (C=O) groups excluding carboxylic acids is 1. The van der Waals surface area contributed by atoms with Crippen molar-refractivity contribution in [2.75, 3.05) is 14.2 Å². The molecule has 1 N–H and O–H groups in total. The van der Waals surface area contributed by atoms with E-state index < -0.39 is 0 Å². The second-order valence-corrected chi connectivity index (χ2v) is 5.51. The predicted molar refractivity (Wildman–Crippen MR) is 91.0 cm³/mol. The van der Waals surface area contributed by atoms with E-state index in [4.69, 9.17) is 9.47 Å². The van der Waals surface area contributed by atoms with Gasteiger partial charge >= 0.3 is 0 Å². The first-order valence-electron chi connectivity index (χ1n) is 7.58. The van der Waals surface area contributed by atoms with Crippen LogP contribution in [0, 0.1) is 13.8 Å². The molecule has 1 amide bonds. The summed E-state index contributed by atoms with van der Waals surface area (Å²) in [6.45, 7) is 4.54. The zero-order valence-corrected chi connectivity index (χ0v) is 14.1. The number of ether oxygens (including phenoxy) is 2. The first-order valence-corrected chi connectivity index (χ1v) is 7.58. The van der Waals surface area contributed by atoms with Gasteiger partial charge in [-0.2, -0.15) is 0 Å². The fourth-order valence-electron chi connectivity index (χ4n) is 2.46. The van der Waals surface area contributed by atoms with E-state index in [1.54, 1.807) is 14.2 Å².